The van der Waals surface area contributed by atoms with E-state index in [1.807, 2.05) is 18.2 Å². The Balaban J connectivity index is 2.18. The van der Waals surface area contributed by atoms with E-state index in [0.717, 1.165) is 11.6 Å². The molecule has 0 aliphatic rings. The quantitative estimate of drug-likeness (QED) is 0.451. The minimum atomic E-state index is -1.38. The molecule has 0 aliphatic carbocycles. The van der Waals surface area contributed by atoms with Crippen LogP contribution in [-0.2, 0) is 11.3 Å². The Bertz CT molecular complexity index is 682. The van der Waals surface area contributed by atoms with Gasteiger partial charge in [0, 0.05) is 0 Å². The van der Waals surface area contributed by atoms with Crippen LogP contribution in [0.15, 0.2) is 42.5 Å². The number of anilines is 1. The van der Waals surface area contributed by atoms with E-state index >= 15 is 0 Å². The number of nitrogen functional groups attached to an aromatic ring is 1. The number of benzene rings is 2. The molecule has 2 aromatic carbocycles. The van der Waals surface area contributed by atoms with E-state index in [-0.39, 0.29) is 17.9 Å². The third-order valence-electron chi connectivity index (χ3n) is 2.82. The van der Waals surface area contributed by atoms with Crippen LogP contribution in [0.1, 0.15) is 26.3 Å². The van der Waals surface area contributed by atoms with Crippen molar-refractivity contribution in [3.05, 3.63) is 59.2 Å². The maximum Gasteiger partial charge on any atom is 0.339 e. The molecule has 2 aromatic rings. The molecule has 0 spiro atoms. The highest BCUT2D eigenvalue weighted by atomic mass is 16.5. The van der Waals surface area contributed by atoms with E-state index in [9.17, 15) is 14.7 Å². The average molecular weight is 287 g/mol. The van der Waals surface area contributed by atoms with Gasteiger partial charge in [0.15, 0.2) is 5.75 Å². The second-order valence-electron chi connectivity index (χ2n) is 4.33. The Labute approximate surface area is 120 Å². The molecule has 108 valence electrons. The summed E-state index contributed by atoms with van der Waals surface area (Å²) in [5.41, 5.74) is 5.62. The van der Waals surface area contributed by atoms with Gasteiger partial charge in [0.05, 0.1) is 11.3 Å². The topological polar surface area (TPSA) is 110 Å². The van der Waals surface area contributed by atoms with Crippen LogP contribution in [0.2, 0.25) is 0 Å². The number of hydrogen-bond donors (Lipinski definition) is 3. The minimum Gasteiger partial charge on any atom is -0.505 e. The van der Waals surface area contributed by atoms with Crippen LogP contribution in [0.3, 0.4) is 0 Å². The number of rotatable bonds is 4. The van der Waals surface area contributed by atoms with Gasteiger partial charge in [-0.1, -0.05) is 30.3 Å². The first-order valence-corrected chi connectivity index (χ1v) is 6.06. The number of carbonyl (C=O) groups is 2. The Kier molecular flexibility index (Phi) is 4.08. The van der Waals surface area contributed by atoms with Crippen molar-refractivity contribution in [2.75, 3.05) is 5.73 Å². The Morgan fingerprint density at radius 1 is 1.14 bits per heavy atom. The van der Waals surface area contributed by atoms with Crippen molar-refractivity contribution in [2.45, 2.75) is 6.61 Å². The molecule has 0 aromatic heterocycles. The van der Waals surface area contributed by atoms with Crippen molar-refractivity contribution >= 4 is 17.6 Å². The number of carboxylic acid groups (broad SMARTS) is 1. The first kappa shape index (κ1) is 14.4. The van der Waals surface area contributed by atoms with E-state index in [1.165, 1.54) is 6.07 Å². The largest absolute Gasteiger partial charge is 0.505 e. The van der Waals surface area contributed by atoms with Gasteiger partial charge in [-0.3, -0.25) is 0 Å². The summed E-state index contributed by atoms with van der Waals surface area (Å²) in [6.45, 7) is 0.0584. The fraction of sp³-hybridized carbons (Fsp3) is 0.0667. The second-order valence-corrected chi connectivity index (χ2v) is 4.33. The average Bonchev–Trinajstić information content (AvgIpc) is 2.48. The Morgan fingerprint density at radius 2 is 1.81 bits per heavy atom. The third-order valence-corrected chi connectivity index (χ3v) is 2.82. The molecule has 6 nitrogen and oxygen atoms in total. The van der Waals surface area contributed by atoms with Gasteiger partial charge in [0.1, 0.15) is 12.2 Å². The second kappa shape index (κ2) is 5.96. The lowest BCUT2D eigenvalue weighted by atomic mass is 10.1. The number of esters is 1. The molecule has 0 atom stereocenters. The summed E-state index contributed by atoms with van der Waals surface area (Å²) in [6, 6.07) is 11.2. The molecule has 21 heavy (non-hydrogen) atoms. The third kappa shape index (κ3) is 3.30. The van der Waals surface area contributed by atoms with E-state index < -0.39 is 23.3 Å². The molecule has 0 bridgehead atoms. The molecule has 6 heteroatoms. The van der Waals surface area contributed by atoms with Crippen LogP contribution in [-0.4, -0.2) is 22.2 Å². The van der Waals surface area contributed by atoms with Crippen molar-refractivity contribution in [1.82, 2.24) is 0 Å². The highest BCUT2D eigenvalue weighted by molar-refractivity contribution is 5.98. The summed E-state index contributed by atoms with van der Waals surface area (Å²) in [7, 11) is 0. The zero-order valence-corrected chi connectivity index (χ0v) is 10.9. The first-order chi connectivity index (χ1) is 9.99. The molecule has 0 saturated heterocycles. The van der Waals surface area contributed by atoms with E-state index in [2.05, 4.69) is 0 Å². The van der Waals surface area contributed by atoms with E-state index in [4.69, 9.17) is 15.6 Å². The van der Waals surface area contributed by atoms with Gasteiger partial charge >= 0.3 is 11.9 Å². The monoisotopic (exact) mass is 287 g/mol. The van der Waals surface area contributed by atoms with Gasteiger partial charge in [-0.05, 0) is 17.7 Å². The molecule has 0 amide bonds. The van der Waals surface area contributed by atoms with E-state index in [1.54, 1.807) is 12.1 Å². The normalized spacial score (nSPS) is 10.1. The predicted molar refractivity (Wildman–Crippen MR) is 75.0 cm³/mol. The smallest absolute Gasteiger partial charge is 0.339 e. The molecule has 0 fully saturated rings. The minimum absolute atomic E-state index is 0.0290. The van der Waals surface area contributed by atoms with Gasteiger partial charge in [-0.2, -0.15) is 0 Å². The number of ether oxygens (including phenoxy) is 1. The molecule has 0 unspecified atom stereocenters. The molecular formula is C15H13NO5. The zero-order chi connectivity index (χ0) is 15.4. The van der Waals surface area contributed by atoms with Gasteiger partial charge in [-0.15, -0.1) is 0 Å². The van der Waals surface area contributed by atoms with Gasteiger partial charge in [0.25, 0.3) is 0 Å². The number of hydrogen-bond acceptors (Lipinski definition) is 5. The highest BCUT2D eigenvalue weighted by Gasteiger charge is 2.18. The molecule has 0 radical (unpaired) electrons. The first-order valence-electron chi connectivity index (χ1n) is 6.06. The van der Waals surface area contributed by atoms with Crippen LogP contribution in [0, 0.1) is 0 Å². The summed E-state index contributed by atoms with van der Waals surface area (Å²) in [5, 5.41) is 18.5. The number of aromatic hydroxyl groups is 1. The summed E-state index contributed by atoms with van der Waals surface area (Å²) < 4.78 is 5.07. The van der Waals surface area contributed by atoms with Crippen molar-refractivity contribution in [1.29, 1.82) is 0 Å². The number of nitrogens with two attached hydrogens (primary N) is 1. The van der Waals surface area contributed by atoms with Gasteiger partial charge in [-0.25, -0.2) is 9.59 Å². The number of carboxylic acids is 1. The van der Waals surface area contributed by atoms with Crippen LogP contribution >= 0.6 is 0 Å². The lowest BCUT2D eigenvalue weighted by molar-refractivity contribution is 0.0473. The highest BCUT2D eigenvalue weighted by Crippen LogP contribution is 2.27. The maximum absolute atomic E-state index is 11.9. The molecule has 0 heterocycles. The van der Waals surface area contributed by atoms with Gasteiger partial charge in [0.2, 0.25) is 0 Å². The van der Waals surface area contributed by atoms with Crippen molar-refractivity contribution in [2.24, 2.45) is 0 Å². The van der Waals surface area contributed by atoms with Crippen molar-refractivity contribution < 1.29 is 24.5 Å². The Morgan fingerprint density at radius 3 is 2.43 bits per heavy atom. The molecular weight excluding hydrogens is 274 g/mol. The summed E-state index contributed by atoms with van der Waals surface area (Å²) >= 11 is 0. The van der Waals surface area contributed by atoms with Crippen LogP contribution in [0.25, 0.3) is 0 Å². The summed E-state index contributed by atoms with van der Waals surface area (Å²) in [5.74, 6) is -2.66. The molecule has 0 aliphatic heterocycles. The van der Waals surface area contributed by atoms with E-state index in [0.29, 0.717) is 0 Å². The lowest BCUT2D eigenvalue weighted by Gasteiger charge is -2.08. The molecule has 4 N–H and O–H groups in total. The molecule has 2 rings (SSSR count). The van der Waals surface area contributed by atoms with Crippen LogP contribution in [0.4, 0.5) is 5.69 Å². The standard InChI is InChI=1S/C15H13NO5/c16-12-7-10(6-11(13(12)17)14(18)19)15(20)21-8-9-4-2-1-3-5-9/h1-7,17H,8,16H2,(H,18,19). The van der Waals surface area contributed by atoms with Gasteiger partial charge < -0.3 is 20.7 Å². The zero-order valence-electron chi connectivity index (χ0n) is 10.9. The van der Waals surface area contributed by atoms with Crippen LogP contribution in [0.5, 0.6) is 5.75 Å². The maximum atomic E-state index is 11.9. The molecule has 0 saturated carbocycles. The van der Waals surface area contributed by atoms with Crippen molar-refractivity contribution in [3.63, 3.8) is 0 Å². The number of carbonyl (C=O) groups excluding carboxylic acids is 1. The summed E-state index contributed by atoms with van der Waals surface area (Å²) in [6.07, 6.45) is 0. The van der Waals surface area contributed by atoms with Crippen LogP contribution < -0.4 is 5.73 Å². The SMILES string of the molecule is Nc1cc(C(=O)OCc2ccccc2)cc(C(=O)O)c1O. The number of phenols is 1. The lowest BCUT2D eigenvalue weighted by Crippen LogP contribution is -2.09. The summed E-state index contributed by atoms with van der Waals surface area (Å²) in [4.78, 5) is 22.9. The fourth-order valence-electron chi connectivity index (χ4n) is 1.74. The van der Waals surface area contributed by atoms with Crippen molar-refractivity contribution in [3.8, 4) is 5.75 Å². The predicted octanol–water partition coefficient (Wildman–Crippen LogP) is 2.03. The Hall–Kier alpha value is -3.02. The fourth-order valence-corrected chi connectivity index (χ4v) is 1.74. The number of aromatic carboxylic acids is 1.